The van der Waals surface area contributed by atoms with Gasteiger partial charge >= 0.3 is 0 Å². The van der Waals surface area contributed by atoms with E-state index in [1.165, 1.54) is 5.56 Å². The van der Waals surface area contributed by atoms with Crippen molar-refractivity contribution in [2.45, 2.75) is 26.3 Å². The largest absolute Gasteiger partial charge is 0.494 e. The molecule has 0 unspecified atom stereocenters. The number of morpholine rings is 1. The van der Waals surface area contributed by atoms with Gasteiger partial charge in [-0.25, -0.2) is 0 Å². The molecule has 34 heavy (non-hydrogen) atoms. The number of hydrogen-bond acceptors (Lipinski definition) is 6. The van der Waals surface area contributed by atoms with Crippen LogP contribution < -0.4 is 10.1 Å². The predicted octanol–water partition coefficient (Wildman–Crippen LogP) is 3.91. The van der Waals surface area contributed by atoms with E-state index in [1.807, 2.05) is 47.9 Å². The summed E-state index contributed by atoms with van der Waals surface area (Å²) in [5.74, 6) is 1.44. The number of benzene rings is 2. The number of ether oxygens (including phenoxy) is 2. The summed E-state index contributed by atoms with van der Waals surface area (Å²) < 4.78 is 13.2. The predicted molar refractivity (Wildman–Crippen MR) is 135 cm³/mol. The van der Waals surface area contributed by atoms with Gasteiger partial charge in [-0.1, -0.05) is 12.1 Å². The molecule has 0 bridgehead atoms. The number of carbonyl (C=O) groups is 1. The topological polar surface area (TPSA) is 84.4 Å². The number of hydrogen-bond donors (Lipinski definition) is 2. The molecule has 4 rings (SSSR count). The Hall–Kier alpha value is -3.01. The van der Waals surface area contributed by atoms with Gasteiger partial charge in [0, 0.05) is 43.9 Å². The monoisotopic (exact) mass is 481 g/mol. The molecule has 2 aromatic carbocycles. The molecule has 1 aliphatic rings. The van der Waals surface area contributed by atoms with Crippen LogP contribution in [-0.2, 0) is 22.5 Å². The third kappa shape index (κ3) is 6.53. The van der Waals surface area contributed by atoms with Crippen molar-refractivity contribution in [2.24, 2.45) is 0 Å². The molecule has 1 fully saturated rings. The highest BCUT2D eigenvalue weighted by Crippen LogP contribution is 2.21. The Morgan fingerprint density at radius 1 is 1.12 bits per heavy atom. The molecule has 8 nitrogen and oxygen atoms in total. The van der Waals surface area contributed by atoms with Crippen LogP contribution in [0.5, 0.6) is 5.75 Å². The Kier molecular flexibility index (Phi) is 8.46. The van der Waals surface area contributed by atoms with E-state index in [1.54, 1.807) is 0 Å². The minimum atomic E-state index is -0.0678. The number of nitrogens with zero attached hydrogens (tertiary/aromatic N) is 3. The van der Waals surface area contributed by atoms with Crippen LogP contribution in [0.25, 0.3) is 11.4 Å². The molecule has 9 heteroatoms. The van der Waals surface area contributed by atoms with Gasteiger partial charge in [-0.05, 0) is 67.5 Å². The first kappa shape index (κ1) is 24.1. The zero-order valence-electron chi connectivity index (χ0n) is 19.5. The molecule has 2 N–H and O–H groups in total. The van der Waals surface area contributed by atoms with Gasteiger partial charge in [-0.15, -0.1) is 0 Å². The maximum atomic E-state index is 12.6. The second-order valence-electron chi connectivity index (χ2n) is 8.16. The van der Waals surface area contributed by atoms with E-state index in [-0.39, 0.29) is 12.3 Å². The lowest BCUT2D eigenvalue weighted by Crippen LogP contribution is -2.37. The van der Waals surface area contributed by atoms with Crippen molar-refractivity contribution < 1.29 is 14.3 Å². The number of nitrogens with one attached hydrogen (secondary N) is 2. The fourth-order valence-corrected chi connectivity index (χ4v) is 4.14. The van der Waals surface area contributed by atoms with Crippen molar-refractivity contribution in [3.63, 3.8) is 0 Å². The van der Waals surface area contributed by atoms with Crippen LogP contribution in [0.3, 0.4) is 0 Å². The number of rotatable bonds is 10. The van der Waals surface area contributed by atoms with E-state index >= 15 is 0 Å². The molecule has 0 atom stereocenters. The number of carbonyl (C=O) groups excluding carboxylic acids is 1. The quantitative estimate of drug-likeness (QED) is 0.427. The van der Waals surface area contributed by atoms with Gasteiger partial charge in [0.15, 0.2) is 10.6 Å². The number of aromatic nitrogens is 3. The van der Waals surface area contributed by atoms with E-state index in [0.29, 0.717) is 23.7 Å². The molecule has 1 aromatic heterocycles. The Morgan fingerprint density at radius 2 is 1.85 bits per heavy atom. The molecule has 1 saturated heterocycles. The maximum Gasteiger partial charge on any atom is 0.226 e. The average Bonchev–Trinajstić information content (AvgIpc) is 3.24. The normalized spacial score (nSPS) is 14.1. The van der Waals surface area contributed by atoms with Crippen molar-refractivity contribution in [1.82, 2.24) is 19.7 Å². The molecule has 180 valence electrons. The average molecular weight is 482 g/mol. The highest BCUT2D eigenvalue weighted by molar-refractivity contribution is 7.71. The Bertz CT molecular complexity index is 1120. The summed E-state index contributed by atoms with van der Waals surface area (Å²) in [6, 6.07) is 15.7. The highest BCUT2D eigenvalue weighted by atomic mass is 32.1. The van der Waals surface area contributed by atoms with Crippen molar-refractivity contribution in [1.29, 1.82) is 0 Å². The first-order valence-electron chi connectivity index (χ1n) is 11.7. The van der Waals surface area contributed by atoms with Gasteiger partial charge < -0.3 is 14.8 Å². The van der Waals surface area contributed by atoms with Crippen LogP contribution in [0.15, 0.2) is 48.5 Å². The fraction of sp³-hybridized carbons (Fsp3) is 0.400. The lowest BCUT2D eigenvalue weighted by molar-refractivity contribution is -0.116. The van der Waals surface area contributed by atoms with Crippen molar-refractivity contribution in [3.05, 3.63) is 58.9 Å². The molecule has 0 radical (unpaired) electrons. The number of aromatic amines is 1. The standard InChI is InChI=1S/C25H31N5O3S/c1-2-33-22-9-5-20(6-10-22)24-27-28-25(34)30(24)14-12-23(31)26-21-7-3-19(4-8-21)11-13-29-15-17-32-18-16-29/h3-10H,2,11-18H2,1H3,(H,26,31)(H,28,34). The SMILES string of the molecule is CCOc1ccc(-c2n[nH]c(=S)n2CCC(=O)Nc2ccc(CCN3CCOCC3)cc2)cc1. The zero-order valence-corrected chi connectivity index (χ0v) is 20.3. The van der Waals surface area contributed by atoms with E-state index in [4.69, 9.17) is 21.7 Å². The van der Waals surface area contributed by atoms with E-state index in [2.05, 4.69) is 32.5 Å². The van der Waals surface area contributed by atoms with Gasteiger partial charge in [0.1, 0.15) is 5.75 Å². The first-order chi connectivity index (χ1) is 16.6. The minimum Gasteiger partial charge on any atom is -0.494 e. The summed E-state index contributed by atoms with van der Waals surface area (Å²) in [6.07, 6.45) is 1.28. The number of amides is 1. The summed E-state index contributed by atoms with van der Waals surface area (Å²) in [6.45, 7) is 7.64. The molecule has 0 spiro atoms. The molecule has 2 heterocycles. The van der Waals surface area contributed by atoms with Crippen molar-refractivity contribution >= 4 is 23.8 Å². The van der Waals surface area contributed by atoms with Gasteiger partial charge in [-0.2, -0.15) is 5.10 Å². The number of H-pyrrole nitrogens is 1. The Morgan fingerprint density at radius 3 is 2.56 bits per heavy atom. The molecule has 3 aromatic rings. The zero-order chi connectivity index (χ0) is 23.8. The van der Waals surface area contributed by atoms with Crippen LogP contribution in [-0.4, -0.2) is 65.0 Å². The third-order valence-corrected chi connectivity index (χ3v) is 6.11. The summed E-state index contributed by atoms with van der Waals surface area (Å²) >= 11 is 5.39. The summed E-state index contributed by atoms with van der Waals surface area (Å²) in [5.41, 5.74) is 2.96. The van der Waals surface area contributed by atoms with E-state index < -0.39 is 0 Å². The maximum absolute atomic E-state index is 12.6. The van der Waals surface area contributed by atoms with Crippen LogP contribution in [0.1, 0.15) is 18.9 Å². The van der Waals surface area contributed by atoms with E-state index in [0.717, 1.165) is 56.3 Å². The highest BCUT2D eigenvalue weighted by Gasteiger charge is 2.12. The van der Waals surface area contributed by atoms with Crippen molar-refractivity contribution in [3.8, 4) is 17.1 Å². The first-order valence-corrected chi connectivity index (χ1v) is 12.1. The van der Waals surface area contributed by atoms with Gasteiger partial charge in [0.05, 0.1) is 19.8 Å². The molecular formula is C25H31N5O3S. The van der Waals surface area contributed by atoms with E-state index in [9.17, 15) is 4.79 Å². The molecule has 0 aliphatic carbocycles. The second-order valence-corrected chi connectivity index (χ2v) is 8.55. The lowest BCUT2D eigenvalue weighted by Gasteiger charge is -2.26. The fourth-order valence-electron chi connectivity index (χ4n) is 3.92. The van der Waals surface area contributed by atoms with Crippen LogP contribution in [0.4, 0.5) is 5.69 Å². The molecule has 0 saturated carbocycles. The number of anilines is 1. The van der Waals surface area contributed by atoms with Crippen LogP contribution in [0, 0.1) is 4.77 Å². The van der Waals surface area contributed by atoms with Crippen LogP contribution in [0.2, 0.25) is 0 Å². The molecular weight excluding hydrogens is 450 g/mol. The van der Waals surface area contributed by atoms with Gasteiger partial charge in [0.25, 0.3) is 0 Å². The third-order valence-electron chi connectivity index (χ3n) is 5.80. The van der Waals surface area contributed by atoms with Crippen LogP contribution >= 0.6 is 12.2 Å². The van der Waals surface area contributed by atoms with Crippen molar-refractivity contribution in [2.75, 3.05) is 44.8 Å². The van der Waals surface area contributed by atoms with Gasteiger partial charge in [0.2, 0.25) is 5.91 Å². The minimum absolute atomic E-state index is 0.0678. The lowest BCUT2D eigenvalue weighted by atomic mass is 10.1. The Balaban J connectivity index is 1.29. The molecule has 1 aliphatic heterocycles. The Labute approximate surface area is 204 Å². The summed E-state index contributed by atoms with van der Waals surface area (Å²) in [5, 5.41) is 10.2. The summed E-state index contributed by atoms with van der Waals surface area (Å²) in [4.78, 5) is 15.0. The second kappa shape index (κ2) is 11.9. The summed E-state index contributed by atoms with van der Waals surface area (Å²) in [7, 11) is 0. The van der Waals surface area contributed by atoms with Gasteiger partial charge in [-0.3, -0.25) is 19.4 Å². The molecule has 1 amide bonds. The smallest absolute Gasteiger partial charge is 0.226 e.